The minimum Gasteiger partial charge on any atom is -0.478 e. The summed E-state index contributed by atoms with van der Waals surface area (Å²) >= 11 is 0. The van der Waals surface area contributed by atoms with Crippen molar-refractivity contribution in [3.05, 3.63) is 29.7 Å². The molecule has 0 atom stereocenters. The Morgan fingerprint density at radius 2 is 2.33 bits per heavy atom. The predicted octanol–water partition coefficient (Wildman–Crippen LogP) is -0.0377. The summed E-state index contributed by atoms with van der Waals surface area (Å²) in [4.78, 5) is 14.9. The van der Waals surface area contributed by atoms with Crippen LogP contribution in [0.2, 0.25) is 0 Å². The summed E-state index contributed by atoms with van der Waals surface area (Å²) < 4.78 is 1.40. The van der Waals surface area contributed by atoms with Crippen LogP contribution in [0.1, 0.15) is 16.2 Å². The van der Waals surface area contributed by atoms with Gasteiger partial charge in [-0.05, 0) is 12.1 Å². The van der Waals surface area contributed by atoms with Gasteiger partial charge >= 0.3 is 5.97 Å². The highest BCUT2D eigenvalue weighted by atomic mass is 16.4. The van der Waals surface area contributed by atoms with Gasteiger partial charge in [0.2, 0.25) is 0 Å². The van der Waals surface area contributed by atoms with Gasteiger partial charge in [-0.25, -0.2) is 14.3 Å². The van der Waals surface area contributed by atoms with Crippen LogP contribution in [0.25, 0.3) is 5.65 Å². The normalized spacial score (nSPS) is 10.7. The van der Waals surface area contributed by atoms with Crippen molar-refractivity contribution in [3.63, 3.8) is 0 Å². The second-order valence-corrected chi connectivity index (χ2v) is 3.00. The van der Waals surface area contributed by atoms with Gasteiger partial charge in [0, 0.05) is 12.6 Å². The van der Waals surface area contributed by atoms with Crippen LogP contribution in [-0.4, -0.2) is 37.4 Å². The molecule has 0 spiro atoms. The van der Waals surface area contributed by atoms with E-state index in [4.69, 9.17) is 10.2 Å². The number of fused-ring (bicyclic) bond motifs is 1. The highest BCUT2D eigenvalue weighted by Gasteiger charge is 2.12. The number of aliphatic hydroxyl groups is 1. The minimum absolute atomic E-state index is 0.0563. The zero-order chi connectivity index (χ0) is 10.8. The first kappa shape index (κ1) is 9.60. The molecule has 0 aromatic carbocycles. The van der Waals surface area contributed by atoms with Crippen LogP contribution in [0.15, 0.2) is 18.3 Å². The number of hydrogen-bond acceptors (Lipinski definition) is 4. The maximum atomic E-state index is 10.9. The summed E-state index contributed by atoms with van der Waals surface area (Å²) in [7, 11) is 0. The van der Waals surface area contributed by atoms with Crippen LogP contribution in [0.5, 0.6) is 0 Å². The maximum Gasteiger partial charge on any atom is 0.339 e. The van der Waals surface area contributed by atoms with Crippen LogP contribution < -0.4 is 0 Å². The van der Waals surface area contributed by atoms with E-state index in [1.165, 1.54) is 10.6 Å². The first-order valence-electron chi connectivity index (χ1n) is 4.41. The van der Waals surface area contributed by atoms with Crippen molar-refractivity contribution >= 4 is 11.6 Å². The van der Waals surface area contributed by atoms with Gasteiger partial charge in [0.25, 0.3) is 0 Å². The standard InChI is InChI=1S/C9H9N3O3/c13-5-3-7-10-8-6(9(14)15)2-1-4-12(8)11-7/h1-2,4,13H,3,5H2,(H,14,15). The number of nitrogens with zero attached hydrogens (tertiary/aromatic N) is 3. The van der Waals surface area contributed by atoms with Gasteiger partial charge in [0.15, 0.2) is 11.5 Å². The second-order valence-electron chi connectivity index (χ2n) is 3.00. The van der Waals surface area contributed by atoms with Crippen LogP contribution in [-0.2, 0) is 6.42 Å². The Hall–Kier alpha value is -1.95. The number of carbonyl (C=O) groups is 1. The first-order chi connectivity index (χ1) is 7.22. The Morgan fingerprint density at radius 3 is 3.00 bits per heavy atom. The number of carboxylic acids is 1. The molecule has 78 valence electrons. The number of carboxylic acid groups (broad SMARTS) is 1. The van der Waals surface area contributed by atoms with E-state index >= 15 is 0 Å². The zero-order valence-electron chi connectivity index (χ0n) is 7.79. The quantitative estimate of drug-likeness (QED) is 0.737. The fraction of sp³-hybridized carbons (Fsp3) is 0.222. The van der Waals surface area contributed by atoms with E-state index in [1.807, 2.05) is 0 Å². The number of rotatable bonds is 3. The van der Waals surface area contributed by atoms with Crippen molar-refractivity contribution in [2.45, 2.75) is 6.42 Å². The van der Waals surface area contributed by atoms with E-state index in [9.17, 15) is 4.79 Å². The Balaban J connectivity index is 2.59. The number of aromatic carboxylic acids is 1. The van der Waals surface area contributed by atoms with Crippen molar-refractivity contribution in [1.29, 1.82) is 0 Å². The van der Waals surface area contributed by atoms with E-state index < -0.39 is 5.97 Å². The largest absolute Gasteiger partial charge is 0.478 e. The van der Waals surface area contributed by atoms with Gasteiger partial charge in [0.05, 0.1) is 6.61 Å². The molecule has 0 radical (unpaired) electrons. The third-order valence-corrected chi connectivity index (χ3v) is 1.97. The molecule has 0 fully saturated rings. The summed E-state index contributed by atoms with van der Waals surface area (Å²) in [5.74, 6) is -0.602. The Bertz CT molecular complexity index is 506. The number of hydrogen-bond donors (Lipinski definition) is 2. The van der Waals surface area contributed by atoms with Gasteiger partial charge in [-0.3, -0.25) is 0 Å². The third kappa shape index (κ3) is 1.66. The SMILES string of the molecule is O=C(O)c1cccn2nc(CCO)nc12. The lowest BCUT2D eigenvalue weighted by atomic mass is 10.3. The molecular formula is C9H9N3O3. The van der Waals surface area contributed by atoms with Crippen molar-refractivity contribution < 1.29 is 15.0 Å². The molecule has 2 rings (SSSR count). The molecule has 0 unspecified atom stereocenters. The van der Waals surface area contributed by atoms with Crippen molar-refractivity contribution in [2.75, 3.05) is 6.61 Å². The van der Waals surface area contributed by atoms with E-state index in [1.54, 1.807) is 12.3 Å². The molecule has 0 aliphatic carbocycles. The fourth-order valence-electron chi connectivity index (χ4n) is 1.32. The predicted molar refractivity (Wildman–Crippen MR) is 50.7 cm³/mol. The molecule has 0 saturated carbocycles. The zero-order valence-corrected chi connectivity index (χ0v) is 7.79. The molecule has 6 heteroatoms. The second kappa shape index (κ2) is 3.66. The Kier molecular flexibility index (Phi) is 2.34. The Morgan fingerprint density at radius 1 is 1.53 bits per heavy atom. The molecule has 6 nitrogen and oxygen atoms in total. The molecule has 2 heterocycles. The highest BCUT2D eigenvalue weighted by Crippen LogP contribution is 2.08. The molecule has 0 aliphatic rings. The average molecular weight is 207 g/mol. The van der Waals surface area contributed by atoms with Crippen molar-refractivity contribution in [1.82, 2.24) is 14.6 Å². The molecule has 15 heavy (non-hydrogen) atoms. The maximum absolute atomic E-state index is 10.9. The fourth-order valence-corrected chi connectivity index (χ4v) is 1.32. The molecule has 0 saturated heterocycles. The van der Waals surface area contributed by atoms with Gasteiger partial charge in [-0.15, -0.1) is 0 Å². The number of pyridine rings is 1. The summed E-state index contributed by atoms with van der Waals surface area (Å²) in [6.45, 7) is -0.0563. The van der Waals surface area contributed by atoms with Gasteiger partial charge < -0.3 is 10.2 Å². The van der Waals surface area contributed by atoms with Crippen LogP contribution >= 0.6 is 0 Å². The monoisotopic (exact) mass is 207 g/mol. The lowest BCUT2D eigenvalue weighted by molar-refractivity contribution is 0.0698. The molecule has 0 aliphatic heterocycles. The lowest BCUT2D eigenvalue weighted by Gasteiger charge is -1.94. The molecule has 2 aromatic rings. The molecule has 0 bridgehead atoms. The molecular weight excluding hydrogens is 198 g/mol. The first-order valence-corrected chi connectivity index (χ1v) is 4.41. The van der Waals surface area contributed by atoms with Crippen LogP contribution in [0.3, 0.4) is 0 Å². The molecule has 2 N–H and O–H groups in total. The van der Waals surface area contributed by atoms with Gasteiger partial charge in [-0.2, -0.15) is 5.10 Å². The number of aliphatic hydroxyl groups excluding tert-OH is 1. The lowest BCUT2D eigenvalue weighted by Crippen LogP contribution is -2.00. The Labute approximate surface area is 84.8 Å². The van der Waals surface area contributed by atoms with Crippen LogP contribution in [0, 0.1) is 0 Å². The highest BCUT2D eigenvalue weighted by molar-refractivity contribution is 5.94. The van der Waals surface area contributed by atoms with E-state index in [0.29, 0.717) is 17.9 Å². The summed E-state index contributed by atoms with van der Waals surface area (Å²) in [5.41, 5.74) is 0.405. The molecule has 2 aromatic heterocycles. The summed E-state index contributed by atoms with van der Waals surface area (Å²) in [5, 5.41) is 21.6. The third-order valence-electron chi connectivity index (χ3n) is 1.97. The van der Waals surface area contributed by atoms with Gasteiger partial charge in [-0.1, -0.05) is 0 Å². The van der Waals surface area contributed by atoms with E-state index in [0.717, 1.165) is 0 Å². The average Bonchev–Trinajstić information content (AvgIpc) is 2.59. The van der Waals surface area contributed by atoms with Crippen LogP contribution in [0.4, 0.5) is 0 Å². The van der Waals surface area contributed by atoms with E-state index in [2.05, 4.69) is 10.1 Å². The van der Waals surface area contributed by atoms with Crippen molar-refractivity contribution in [3.8, 4) is 0 Å². The van der Waals surface area contributed by atoms with Gasteiger partial charge in [0.1, 0.15) is 5.56 Å². The smallest absolute Gasteiger partial charge is 0.339 e. The topological polar surface area (TPSA) is 87.7 Å². The summed E-state index contributed by atoms with van der Waals surface area (Å²) in [6.07, 6.45) is 1.94. The molecule has 0 amide bonds. The van der Waals surface area contributed by atoms with Crippen molar-refractivity contribution in [2.24, 2.45) is 0 Å². The minimum atomic E-state index is -1.04. The van der Waals surface area contributed by atoms with E-state index in [-0.39, 0.29) is 12.2 Å². The number of aromatic nitrogens is 3. The summed E-state index contributed by atoms with van der Waals surface area (Å²) in [6, 6.07) is 3.06.